The van der Waals surface area contributed by atoms with Crippen molar-refractivity contribution in [2.75, 3.05) is 26.7 Å². The van der Waals surface area contributed by atoms with Gasteiger partial charge in [0, 0.05) is 25.6 Å². The minimum atomic E-state index is 0. The number of hydrogen-bond acceptors (Lipinski definition) is 3. The van der Waals surface area contributed by atoms with Gasteiger partial charge in [0.2, 0.25) is 5.91 Å². The highest BCUT2D eigenvalue weighted by atomic mass is 35.5. The van der Waals surface area contributed by atoms with Crippen LogP contribution in [0.25, 0.3) is 0 Å². The summed E-state index contributed by atoms with van der Waals surface area (Å²) in [5.74, 6) is 0.942. The molecule has 0 bridgehead atoms. The molecule has 0 aromatic heterocycles. The van der Waals surface area contributed by atoms with Crippen LogP contribution in [0.3, 0.4) is 0 Å². The normalized spacial score (nSPS) is 30.6. The van der Waals surface area contributed by atoms with Crippen molar-refractivity contribution in [1.82, 2.24) is 15.5 Å². The molecule has 118 valence electrons. The van der Waals surface area contributed by atoms with Gasteiger partial charge in [0.1, 0.15) is 0 Å². The van der Waals surface area contributed by atoms with E-state index < -0.39 is 0 Å². The van der Waals surface area contributed by atoms with Crippen LogP contribution in [0, 0.1) is 5.92 Å². The highest BCUT2D eigenvalue weighted by Crippen LogP contribution is 2.24. The van der Waals surface area contributed by atoms with Gasteiger partial charge in [-0.3, -0.25) is 4.79 Å². The number of rotatable bonds is 4. The predicted molar refractivity (Wildman–Crippen MR) is 85.3 cm³/mol. The number of piperidine rings is 1. The standard InChI is InChI=1S/C15H29N3O.ClH/c1-12(19)17-14-5-7-15(8-6-14)18(2)11-13-4-3-9-16-10-13;/h13-16H,3-11H2,1-2H3,(H,17,19);1H. The van der Waals surface area contributed by atoms with Crippen molar-refractivity contribution >= 4 is 18.3 Å². The number of carbonyl (C=O) groups is 1. The zero-order valence-electron chi connectivity index (χ0n) is 12.9. The molecular weight excluding hydrogens is 274 g/mol. The molecule has 0 spiro atoms. The lowest BCUT2D eigenvalue weighted by molar-refractivity contribution is -0.119. The number of carbonyl (C=O) groups excluding carboxylic acids is 1. The summed E-state index contributed by atoms with van der Waals surface area (Å²) in [4.78, 5) is 13.6. The van der Waals surface area contributed by atoms with Crippen molar-refractivity contribution in [1.29, 1.82) is 0 Å². The molecule has 2 fully saturated rings. The summed E-state index contributed by atoms with van der Waals surface area (Å²) in [6, 6.07) is 1.13. The summed E-state index contributed by atoms with van der Waals surface area (Å²) < 4.78 is 0. The molecule has 1 atom stereocenters. The third kappa shape index (κ3) is 5.58. The minimum Gasteiger partial charge on any atom is -0.354 e. The fraction of sp³-hybridized carbons (Fsp3) is 0.933. The van der Waals surface area contributed by atoms with E-state index in [0.29, 0.717) is 12.1 Å². The van der Waals surface area contributed by atoms with Crippen LogP contribution in [0.5, 0.6) is 0 Å². The van der Waals surface area contributed by atoms with Crippen molar-refractivity contribution < 1.29 is 4.79 Å². The van der Waals surface area contributed by atoms with Gasteiger partial charge >= 0.3 is 0 Å². The second kappa shape index (κ2) is 8.85. The smallest absolute Gasteiger partial charge is 0.217 e. The average molecular weight is 304 g/mol. The molecule has 0 radical (unpaired) electrons. The van der Waals surface area contributed by atoms with Gasteiger partial charge < -0.3 is 15.5 Å². The molecule has 1 aliphatic carbocycles. The molecule has 5 heteroatoms. The fourth-order valence-electron chi connectivity index (χ4n) is 3.58. The van der Waals surface area contributed by atoms with Gasteiger partial charge in [-0.15, -0.1) is 12.4 Å². The first-order valence-corrected chi connectivity index (χ1v) is 7.83. The number of hydrogen-bond donors (Lipinski definition) is 2. The molecule has 1 saturated heterocycles. The van der Waals surface area contributed by atoms with E-state index in [2.05, 4.69) is 22.6 Å². The van der Waals surface area contributed by atoms with Crippen LogP contribution >= 0.6 is 12.4 Å². The highest BCUT2D eigenvalue weighted by molar-refractivity contribution is 5.85. The van der Waals surface area contributed by atoms with Gasteiger partial charge in [-0.05, 0) is 64.6 Å². The van der Waals surface area contributed by atoms with E-state index in [0.717, 1.165) is 18.8 Å². The van der Waals surface area contributed by atoms with E-state index in [1.807, 2.05) is 0 Å². The Morgan fingerprint density at radius 2 is 1.95 bits per heavy atom. The average Bonchev–Trinajstić information content (AvgIpc) is 2.40. The SMILES string of the molecule is CC(=O)NC1CCC(N(C)CC2CCCNC2)CC1.Cl. The minimum absolute atomic E-state index is 0. The third-order valence-corrected chi connectivity index (χ3v) is 4.67. The molecule has 1 saturated carbocycles. The van der Waals surface area contributed by atoms with Gasteiger partial charge in [-0.2, -0.15) is 0 Å². The summed E-state index contributed by atoms with van der Waals surface area (Å²) in [6.07, 6.45) is 7.42. The monoisotopic (exact) mass is 303 g/mol. The molecule has 1 heterocycles. The lowest BCUT2D eigenvalue weighted by Crippen LogP contribution is -2.45. The van der Waals surface area contributed by atoms with Crippen LogP contribution in [0.1, 0.15) is 45.4 Å². The van der Waals surface area contributed by atoms with Gasteiger partial charge in [0.25, 0.3) is 0 Å². The Bertz CT molecular complexity index is 287. The Kier molecular flexibility index (Phi) is 7.85. The molecular formula is C15H30ClN3O. The summed E-state index contributed by atoms with van der Waals surface area (Å²) >= 11 is 0. The Labute approximate surface area is 129 Å². The van der Waals surface area contributed by atoms with Crippen LogP contribution in [-0.2, 0) is 4.79 Å². The molecule has 2 N–H and O–H groups in total. The van der Waals surface area contributed by atoms with E-state index in [-0.39, 0.29) is 18.3 Å². The lowest BCUT2D eigenvalue weighted by atomic mass is 9.89. The molecule has 4 nitrogen and oxygen atoms in total. The molecule has 0 aromatic carbocycles. The molecule has 0 aromatic rings. The summed E-state index contributed by atoms with van der Waals surface area (Å²) in [5, 5.41) is 6.55. The quantitative estimate of drug-likeness (QED) is 0.832. The molecule has 20 heavy (non-hydrogen) atoms. The van der Waals surface area contributed by atoms with E-state index in [9.17, 15) is 4.79 Å². The van der Waals surface area contributed by atoms with Crippen molar-refractivity contribution in [3.63, 3.8) is 0 Å². The van der Waals surface area contributed by atoms with E-state index in [1.54, 1.807) is 6.92 Å². The maximum Gasteiger partial charge on any atom is 0.217 e. The van der Waals surface area contributed by atoms with Crippen molar-refractivity contribution in [3.8, 4) is 0 Å². The molecule has 2 rings (SSSR count). The van der Waals surface area contributed by atoms with Crippen LogP contribution in [0.2, 0.25) is 0 Å². The predicted octanol–water partition coefficient (Wildman–Crippen LogP) is 1.79. The largest absolute Gasteiger partial charge is 0.354 e. The lowest BCUT2D eigenvalue weighted by Gasteiger charge is -2.37. The van der Waals surface area contributed by atoms with Crippen molar-refractivity contribution in [2.24, 2.45) is 5.92 Å². The molecule has 2 aliphatic rings. The zero-order valence-corrected chi connectivity index (χ0v) is 13.7. The summed E-state index contributed by atoms with van der Waals surface area (Å²) in [5.41, 5.74) is 0. The van der Waals surface area contributed by atoms with Gasteiger partial charge in [-0.1, -0.05) is 0 Å². The van der Waals surface area contributed by atoms with Crippen LogP contribution < -0.4 is 10.6 Å². The molecule has 1 amide bonds. The number of halogens is 1. The van der Waals surface area contributed by atoms with Gasteiger partial charge in [0.15, 0.2) is 0 Å². The zero-order chi connectivity index (χ0) is 13.7. The van der Waals surface area contributed by atoms with Gasteiger partial charge in [-0.25, -0.2) is 0 Å². The van der Waals surface area contributed by atoms with Crippen LogP contribution in [0.4, 0.5) is 0 Å². The molecule has 1 aliphatic heterocycles. The number of nitrogens with one attached hydrogen (secondary N) is 2. The van der Waals surface area contributed by atoms with Crippen LogP contribution in [0.15, 0.2) is 0 Å². The first kappa shape index (κ1) is 17.7. The maximum absolute atomic E-state index is 11.1. The van der Waals surface area contributed by atoms with E-state index in [1.165, 1.54) is 45.3 Å². The second-order valence-electron chi connectivity index (χ2n) is 6.36. The van der Waals surface area contributed by atoms with Crippen molar-refractivity contribution in [2.45, 2.75) is 57.5 Å². The summed E-state index contributed by atoms with van der Waals surface area (Å²) in [7, 11) is 2.28. The number of nitrogens with zero attached hydrogens (tertiary/aromatic N) is 1. The Hall–Kier alpha value is -0.320. The Morgan fingerprint density at radius 1 is 1.25 bits per heavy atom. The maximum atomic E-state index is 11.1. The summed E-state index contributed by atoms with van der Waals surface area (Å²) in [6.45, 7) is 5.23. The Balaban J connectivity index is 0.00000200. The first-order valence-electron chi connectivity index (χ1n) is 7.83. The fourth-order valence-corrected chi connectivity index (χ4v) is 3.58. The Morgan fingerprint density at radius 3 is 2.50 bits per heavy atom. The topological polar surface area (TPSA) is 44.4 Å². The second-order valence-corrected chi connectivity index (χ2v) is 6.36. The third-order valence-electron chi connectivity index (χ3n) is 4.67. The van der Waals surface area contributed by atoms with E-state index >= 15 is 0 Å². The van der Waals surface area contributed by atoms with Crippen molar-refractivity contribution in [3.05, 3.63) is 0 Å². The van der Waals surface area contributed by atoms with Crippen LogP contribution in [-0.4, -0.2) is 49.6 Å². The highest BCUT2D eigenvalue weighted by Gasteiger charge is 2.26. The molecule has 1 unspecified atom stereocenters. The van der Waals surface area contributed by atoms with Gasteiger partial charge in [0.05, 0.1) is 0 Å². The van der Waals surface area contributed by atoms with E-state index in [4.69, 9.17) is 0 Å². The first-order chi connectivity index (χ1) is 9.15. The number of amides is 1.